The monoisotopic (exact) mass is 376 g/mol. The fourth-order valence-electron chi connectivity index (χ4n) is 2.42. The normalized spacial score (nSPS) is 23.0. The molecule has 1 aromatic carbocycles. The summed E-state index contributed by atoms with van der Waals surface area (Å²) < 4.78 is 34.1. The largest absolute Gasteiger partial charge is 0.495 e. The summed E-state index contributed by atoms with van der Waals surface area (Å²) in [6.07, 6.45) is 0.960. The zero-order chi connectivity index (χ0) is 15.6. The SMILES string of the molecule is COc1cc(C)c(Br)cc1S(=O)(=O)NC1CNCCC1C. The van der Waals surface area contributed by atoms with Gasteiger partial charge in [-0.05, 0) is 43.5 Å². The summed E-state index contributed by atoms with van der Waals surface area (Å²) in [4.78, 5) is 0.167. The van der Waals surface area contributed by atoms with Crippen molar-refractivity contribution in [1.82, 2.24) is 10.0 Å². The molecule has 0 spiro atoms. The second-order valence-corrected chi connectivity index (χ2v) is 7.99. The Kier molecular flexibility index (Phi) is 5.29. The minimum absolute atomic E-state index is 0.103. The van der Waals surface area contributed by atoms with Crippen LogP contribution in [0.5, 0.6) is 5.75 Å². The predicted molar refractivity (Wildman–Crippen MR) is 86.2 cm³/mol. The highest BCUT2D eigenvalue weighted by atomic mass is 79.9. The fourth-order valence-corrected chi connectivity index (χ4v) is 4.43. The minimum Gasteiger partial charge on any atom is -0.495 e. The molecule has 0 aliphatic carbocycles. The number of hydrogen-bond donors (Lipinski definition) is 2. The van der Waals surface area contributed by atoms with Crippen molar-refractivity contribution in [1.29, 1.82) is 0 Å². The van der Waals surface area contributed by atoms with Gasteiger partial charge in [0.25, 0.3) is 0 Å². The van der Waals surface area contributed by atoms with E-state index in [1.807, 2.05) is 6.92 Å². The van der Waals surface area contributed by atoms with E-state index in [9.17, 15) is 8.42 Å². The Morgan fingerprint density at radius 3 is 2.76 bits per heavy atom. The van der Waals surface area contributed by atoms with Crippen LogP contribution >= 0.6 is 15.9 Å². The molecule has 1 aliphatic rings. The van der Waals surface area contributed by atoms with Gasteiger partial charge in [0.15, 0.2) is 0 Å². The van der Waals surface area contributed by atoms with Crippen molar-refractivity contribution in [3.05, 3.63) is 22.2 Å². The molecule has 2 rings (SSSR count). The van der Waals surface area contributed by atoms with E-state index in [1.54, 1.807) is 12.1 Å². The lowest BCUT2D eigenvalue weighted by molar-refractivity contribution is 0.326. The number of benzene rings is 1. The number of hydrogen-bond acceptors (Lipinski definition) is 4. The number of methoxy groups -OCH3 is 1. The molecule has 0 aromatic heterocycles. The van der Waals surface area contributed by atoms with Crippen molar-refractivity contribution in [3.63, 3.8) is 0 Å². The van der Waals surface area contributed by atoms with E-state index < -0.39 is 10.0 Å². The first kappa shape index (κ1) is 16.7. The fraction of sp³-hybridized carbons (Fsp3) is 0.571. The average Bonchev–Trinajstić information content (AvgIpc) is 2.43. The molecule has 1 aromatic rings. The van der Waals surface area contributed by atoms with E-state index in [0.717, 1.165) is 23.0 Å². The van der Waals surface area contributed by atoms with Crippen molar-refractivity contribution >= 4 is 26.0 Å². The lowest BCUT2D eigenvalue weighted by Gasteiger charge is -2.30. The van der Waals surface area contributed by atoms with Crippen LogP contribution in [0.1, 0.15) is 18.9 Å². The molecule has 2 N–H and O–H groups in total. The second-order valence-electron chi connectivity index (χ2n) is 5.45. The van der Waals surface area contributed by atoms with Crippen LogP contribution in [-0.2, 0) is 10.0 Å². The standard InChI is InChI=1S/C14H21BrN2O3S/c1-9-4-5-16-8-12(9)17-21(18,19)14-7-11(15)10(2)6-13(14)20-3/h6-7,9,12,16-17H,4-5,8H2,1-3H3. The molecule has 7 heteroatoms. The molecule has 1 heterocycles. The lowest BCUT2D eigenvalue weighted by Crippen LogP contribution is -2.50. The molecule has 0 bridgehead atoms. The maximum atomic E-state index is 12.6. The Hall–Kier alpha value is -0.630. The Bertz CT molecular complexity index is 619. The molecule has 2 atom stereocenters. The molecule has 5 nitrogen and oxygen atoms in total. The Morgan fingerprint density at radius 1 is 1.43 bits per heavy atom. The van der Waals surface area contributed by atoms with Crippen LogP contribution in [0.25, 0.3) is 0 Å². The van der Waals surface area contributed by atoms with E-state index in [2.05, 4.69) is 32.9 Å². The van der Waals surface area contributed by atoms with Gasteiger partial charge < -0.3 is 10.1 Å². The topological polar surface area (TPSA) is 67.4 Å². The van der Waals surface area contributed by atoms with Gasteiger partial charge in [0.2, 0.25) is 10.0 Å². The molecule has 21 heavy (non-hydrogen) atoms. The molecular formula is C14H21BrN2O3S. The van der Waals surface area contributed by atoms with Crippen LogP contribution in [0.2, 0.25) is 0 Å². The van der Waals surface area contributed by atoms with Crippen molar-refractivity contribution in [2.45, 2.75) is 31.2 Å². The third-order valence-corrected chi connectivity index (χ3v) is 6.23. The van der Waals surface area contributed by atoms with Crippen LogP contribution in [0, 0.1) is 12.8 Å². The van der Waals surface area contributed by atoms with Gasteiger partial charge >= 0.3 is 0 Å². The summed E-state index contributed by atoms with van der Waals surface area (Å²) in [7, 11) is -2.14. The first-order valence-electron chi connectivity index (χ1n) is 6.92. The first-order valence-corrected chi connectivity index (χ1v) is 9.20. The van der Waals surface area contributed by atoms with Crippen LogP contribution < -0.4 is 14.8 Å². The molecule has 1 aliphatic heterocycles. The Morgan fingerprint density at radius 2 is 2.14 bits per heavy atom. The maximum Gasteiger partial charge on any atom is 0.244 e. The van der Waals surface area contributed by atoms with Crippen LogP contribution in [0.15, 0.2) is 21.5 Å². The predicted octanol–water partition coefficient (Wildman–Crippen LogP) is 2.04. The van der Waals surface area contributed by atoms with E-state index in [4.69, 9.17) is 4.74 Å². The smallest absolute Gasteiger partial charge is 0.244 e. The van der Waals surface area contributed by atoms with Crippen LogP contribution in [0.4, 0.5) is 0 Å². The third-order valence-electron chi connectivity index (χ3n) is 3.87. The van der Waals surface area contributed by atoms with Crippen molar-refractivity contribution < 1.29 is 13.2 Å². The van der Waals surface area contributed by atoms with Gasteiger partial charge in [-0.3, -0.25) is 0 Å². The van der Waals surface area contributed by atoms with Crippen LogP contribution in [0.3, 0.4) is 0 Å². The second kappa shape index (κ2) is 6.64. The number of aryl methyl sites for hydroxylation is 1. The summed E-state index contributed by atoms with van der Waals surface area (Å²) in [5.41, 5.74) is 0.929. The highest BCUT2D eigenvalue weighted by Crippen LogP contribution is 2.30. The molecular weight excluding hydrogens is 356 g/mol. The number of ether oxygens (including phenoxy) is 1. The highest BCUT2D eigenvalue weighted by molar-refractivity contribution is 9.10. The summed E-state index contributed by atoms with van der Waals surface area (Å²) in [6, 6.07) is 3.21. The third kappa shape index (κ3) is 3.77. The minimum atomic E-state index is -3.62. The van der Waals surface area contributed by atoms with Gasteiger partial charge in [-0.1, -0.05) is 22.9 Å². The average molecular weight is 377 g/mol. The quantitative estimate of drug-likeness (QED) is 0.843. The van der Waals surface area contributed by atoms with E-state index in [1.165, 1.54) is 7.11 Å². The molecule has 0 radical (unpaired) electrons. The molecule has 1 saturated heterocycles. The highest BCUT2D eigenvalue weighted by Gasteiger charge is 2.28. The zero-order valence-corrected chi connectivity index (χ0v) is 14.8. The lowest BCUT2D eigenvalue weighted by atomic mass is 9.96. The van der Waals surface area contributed by atoms with Crippen LogP contribution in [-0.4, -0.2) is 34.7 Å². The number of piperidine rings is 1. The molecule has 118 valence electrons. The van der Waals surface area contributed by atoms with Gasteiger partial charge in [-0.2, -0.15) is 0 Å². The first-order chi connectivity index (χ1) is 9.85. The van der Waals surface area contributed by atoms with Gasteiger partial charge in [0.1, 0.15) is 10.6 Å². The van der Waals surface area contributed by atoms with E-state index in [0.29, 0.717) is 18.2 Å². The van der Waals surface area contributed by atoms with Crippen molar-refractivity contribution in [2.75, 3.05) is 20.2 Å². The molecule has 0 amide bonds. The van der Waals surface area contributed by atoms with Crippen molar-refractivity contribution in [2.24, 2.45) is 5.92 Å². The number of nitrogens with one attached hydrogen (secondary N) is 2. The summed E-state index contributed by atoms with van der Waals surface area (Å²) in [5.74, 6) is 0.667. The molecule has 0 saturated carbocycles. The van der Waals surface area contributed by atoms with Gasteiger partial charge in [0, 0.05) is 17.1 Å². The van der Waals surface area contributed by atoms with Gasteiger partial charge in [-0.25, -0.2) is 13.1 Å². The Balaban J connectivity index is 2.33. The van der Waals surface area contributed by atoms with Gasteiger partial charge in [0.05, 0.1) is 7.11 Å². The summed E-state index contributed by atoms with van der Waals surface area (Å²) >= 11 is 3.38. The maximum absolute atomic E-state index is 12.6. The van der Waals surface area contributed by atoms with E-state index >= 15 is 0 Å². The summed E-state index contributed by atoms with van der Waals surface area (Å²) in [6.45, 7) is 5.54. The molecule has 1 fully saturated rings. The number of halogens is 1. The summed E-state index contributed by atoms with van der Waals surface area (Å²) in [5, 5.41) is 3.22. The van der Waals surface area contributed by atoms with Crippen molar-refractivity contribution in [3.8, 4) is 5.75 Å². The Labute approximate surface area is 134 Å². The number of rotatable bonds is 4. The molecule has 2 unspecified atom stereocenters. The number of sulfonamides is 1. The zero-order valence-electron chi connectivity index (χ0n) is 12.4. The van der Waals surface area contributed by atoms with Gasteiger partial charge in [-0.15, -0.1) is 0 Å². The van der Waals surface area contributed by atoms with E-state index in [-0.39, 0.29) is 10.9 Å².